The molecule has 24 heavy (non-hydrogen) atoms. The van der Waals surface area contributed by atoms with E-state index in [0.29, 0.717) is 17.1 Å². The second kappa shape index (κ2) is 5.99. The number of imide groups is 1. The number of nitro groups is 1. The van der Waals surface area contributed by atoms with Crippen LogP contribution in [0.4, 0.5) is 10.5 Å². The van der Waals surface area contributed by atoms with E-state index in [4.69, 9.17) is 4.42 Å². The van der Waals surface area contributed by atoms with Gasteiger partial charge in [-0.2, -0.15) is 0 Å². The Morgan fingerprint density at radius 3 is 2.67 bits per heavy atom. The lowest BCUT2D eigenvalue weighted by Gasteiger charge is -2.05. The fourth-order valence-corrected chi connectivity index (χ4v) is 2.42. The Balaban J connectivity index is 1.93. The molecule has 0 unspecified atom stereocenters. The van der Waals surface area contributed by atoms with E-state index in [1.54, 1.807) is 37.3 Å². The molecule has 1 saturated heterocycles. The molecule has 1 aliphatic rings. The van der Waals surface area contributed by atoms with Crippen molar-refractivity contribution in [2.24, 2.45) is 0 Å². The first-order valence-electron chi connectivity index (χ1n) is 7.19. The highest BCUT2D eigenvalue weighted by Gasteiger charge is 2.32. The molecule has 3 rings (SSSR count). The van der Waals surface area contributed by atoms with E-state index in [0.717, 1.165) is 4.90 Å². The van der Waals surface area contributed by atoms with Crippen LogP contribution in [0.2, 0.25) is 0 Å². The van der Waals surface area contributed by atoms with E-state index in [2.05, 4.69) is 5.32 Å². The van der Waals surface area contributed by atoms with Crippen molar-refractivity contribution in [2.45, 2.75) is 6.92 Å². The first-order valence-corrected chi connectivity index (χ1v) is 7.19. The number of furan rings is 1. The standard InChI is InChI=1S/C16H13N3O5/c1-2-18-15(20)12(17-16(18)21)9-10-7-8-14(24-10)11-5-3-4-6-13(11)19(22)23/h3-9H,2H2,1H3,(H,17,21)/b12-9-. The van der Waals surface area contributed by atoms with Crippen molar-refractivity contribution in [1.82, 2.24) is 10.2 Å². The van der Waals surface area contributed by atoms with Crippen LogP contribution < -0.4 is 5.32 Å². The van der Waals surface area contributed by atoms with Gasteiger partial charge in [0.25, 0.3) is 11.6 Å². The molecule has 1 aliphatic heterocycles. The summed E-state index contributed by atoms with van der Waals surface area (Å²) in [6, 6.07) is 8.87. The Morgan fingerprint density at radius 2 is 2.00 bits per heavy atom. The van der Waals surface area contributed by atoms with Gasteiger partial charge in [0.15, 0.2) is 0 Å². The number of rotatable bonds is 4. The summed E-state index contributed by atoms with van der Waals surface area (Å²) in [4.78, 5) is 35.3. The SMILES string of the molecule is CCN1C(=O)N/C(=C\c2ccc(-c3ccccc3[N+](=O)[O-])o2)C1=O. The van der Waals surface area contributed by atoms with Crippen molar-refractivity contribution < 1.29 is 18.9 Å². The number of amides is 3. The second-order valence-corrected chi connectivity index (χ2v) is 5.01. The third kappa shape index (κ3) is 2.65. The molecule has 0 atom stereocenters. The van der Waals surface area contributed by atoms with Crippen molar-refractivity contribution >= 4 is 23.7 Å². The first kappa shape index (κ1) is 15.5. The van der Waals surface area contributed by atoms with Crippen LogP contribution in [-0.4, -0.2) is 28.3 Å². The van der Waals surface area contributed by atoms with Crippen LogP contribution >= 0.6 is 0 Å². The Morgan fingerprint density at radius 1 is 1.25 bits per heavy atom. The third-order valence-corrected chi connectivity index (χ3v) is 3.56. The number of hydrogen-bond acceptors (Lipinski definition) is 5. The largest absolute Gasteiger partial charge is 0.456 e. The van der Waals surface area contributed by atoms with Gasteiger partial charge in [-0.15, -0.1) is 0 Å². The van der Waals surface area contributed by atoms with Gasteiger partial charge in [-0.1, -0.05) is 12.1 Å². The summed E-state index contributed by atoms with van der Waals surface area (Å²) in [5, 5.41) is 13.5. The van der Waals surface area contributed by atoms with Crippen LogP contribution in [0.1, 0.15) is 12.7 Å². The van der Waals surface area contributed by atoms with Crippen LogP contribution in [0.3, 0.4) is 0 Å². The predicted molar refractivity (Wildman–Crippen MR) is 84.7 cm³/mol. The number of carbonyl (C=O) groups is 2. The molecule has 8 nitrogen and oxygen atoms in total. The van der Waals surface area contributed by atoms with Crippen LogP contribution in [0, 0.1) is 10.1 Å². The Labute approximate surface area is 136 Å². The van der Waals surface area contributed by atoms with Gasteiger partial charge in [-0.3, -0.25) is 19.8 Å². The number of hydrogen-bond donors (Lipinski definition) is 1. The predicted octanol–water partition coefficient (Wildman–Crippen LogP) is 2.77. The lowest BCUT2D eigenvalue weighted by Crippen LogP contribution is -2.30. The number of nitrogens with one attached hydrogen (secondary N) is 1. The Kier molecular flexibility index (Phi) is 3.87. The van der Waals surface area contributed by atoms with Crippen LogP contribution in [-0.2, 0) is 4.79 Å². The number of urea groups is 1. The first-order chi connectivity index (χ1) is 11.5. The molecule has 0 saturated carbocycles. The van der Waals surface area contributed by atoms with E-state index in [9.17, 15) is 19.7 Å². The number of carbonyl (C=O) groups excluding carboxylic acids is 2. The summed E-state index contributed by atoms with van der Waals surface area (Å²) in [7, 11) is 0. The molecule has 1 aromatic carbocycles. The van der Waals surface area contributed by atoms with Crippen molar-refractivity contribution in [3.05, 3.63) is 58.0 Å². The van der Waals surface area contributed by atoms with Gasteiger partial charge < -0.3 is 9.73 Å². The van der Waals surface area contributed by atoms with Gasteiger partial charge in [-0.25, -0.2) is 4.79 Å². The molecular formula is C16H13N3O5. The summed E-state index contributed by atoms with van der Waals surface area (Å²) in [5.74, 6) is 0.175. The number of nitro benzene ring substituents is 1. The fraction of sp³-hybridized carbons (Fsp3) is 0.125. The van der Waals surface area contributed by atoms with E-state index in [1.165, 1.54) is 12.1 Å². The van der Waals surface area contributed by atoms with Crippen molar-refractivity contribution in [2.75, 3.05) is 6.54 Å². The number of para-hydroxylation sites is 1. The number of nitrogens with zero attached hydrogens (tertiary/aromatic N) is 2. The highest BCUT2D eigenvalue weighted by molar-refractivity contribution is 6.13. The lowest BCUT2D eigenvalue weighted by atomic mass is 10.1. The summed E-state index contributed by atoms with van der Waals surface area (Å²) in [5.41, 5.74) is 0.364. The smallest absolute Gasteiger partial charge is 0.328 e. The van der Waals surface area contributed by atoms with Crippen LogP contribution in [0.5, 0.6) is 0 Å². The highest BCUT2D eigenvalue weighted by atomic mass is 16.6. The monoisotopic (exact) mass is 327 g/mol. The van der Waals surface area contributed by atoms with Gasteiger partial charge in [0.1, 0.15) is 17.2 Å². The van der Waals surface area contributed by atoms with Crippen LogP contribution in [0.25, 0.3) is 17.4 Å². The minimum absolute atomic E-state index is 0.0755. The molecule has 0 aliphatic carbocycles. The summed E-state index contributed by atoms with van der Waals surface area (Å²) in [6.45, 7) is 1.96. The average Bonchev–Trinajstić information content (AvgIpc) is 3.13. The maximum atomic E-state index is 12.0. The van der Waals surface area contributed by atoms with Gasteiger partial charge in [-0.05, 0) is 25.1 Å². The second-order valence-electron chi connectivity index (χ2n) is 5.01. The summed E-state index contributed by atoms with van der Waals surface area (Å²) >= 11 is 0. The molecule has 122 valence electrons. The van der Waals surface area contributed by atoms with Crippen molar-refractivity contribution in [3.63, 3.8) is 0 Å². The molecule has 0 bridgehead atoms. The lowest BCUT2D eigenvalue weighted by molar-refractivity contribution is -0.384. The topological polar surface area (TPSA) is 106 Å². The van der Waals surface area contributed by atoms with Gasteiger partial charge in [0.05, 0.1) is 10.5 Å². The maximum Gasteiger partial charge on any atom is 0.328 e. The molecular weight excluding hydrogens is 314 g/mol. The summed E-state index contributed by atoms with van der Waals surface area (Å²) < 4.78 is 5.57. The zero-order valence-electron chi connectivity index (χ0n) is 12.7. The Hall–Kier alpha value is -3.42. The van der Waals surface area contributed by atoms with Gasteiger partial charge in [0.2, 0.25) is 0 Å². The molecule has 2 aromatic rings. The molecule has 3 amide bonds. The minimum Gasteiger partial charge on any atom is -0.456 e. The number of benzene rings is 1. The molecule has 2 heterocycles. The molecule has 1 N–H and O–H groups in total. The van der Waals surface area contributed by atoms with E-state index >= 15 is 0 Å². The number of likely N-dealkylation sites (N-methyl/N-ethyl adjacent to an activating group) is 1. The normalized spacial score (nSPS) is 15.9. The summed E-state index contributed by atoms with van der Waals surface area (Å²) in [6.07, 6.45) is 1.40. The minimum atomic E-state index is -0.490. The van der Waals surface area contributed by atoms with Crippen molar-refractivity contribution in [3.8, 4) is 11.3 Å². The molecule has 0 radical (unpaired) electrons. The van der Waals surface area contributed by atoms with Crippen LogP contribution in [0.15, 0.2) is 46.5 Å². The highest BCUT2D eigenvalue weighted by Crippen LogP contribution is 2.31. The molecule has 1 fully saturated rings. The quantitative estimate of drug-likeness (QED) is 0.402. The zero-order valence-corrected chi connectivity index (χ0v) is 12.7. The molecule has 1 aromatic heterocycles. The van der Waals surface area contributed by atoms with Gasteiger partial charge >= 0.3 is 6.03 Å². The van der Waals surface area contributed by atoms with Crippen molar-refractivity contribution in [1.29, 1.82) is 0 Å². The van der Waals surface area contributed by atoms with E-state index in [1.807, 2.05) is 0 Å². The third-order valence-electron chi connectivity index (χ3n) is 3.56. The Bertz CT molecular complexity index is 868. The molecule has 0 spiro atoms. The maximum absolute atomic E-state index is 12.0. The van der Waals surface area contributed by atoms with E-state index < -0.39 is 16.9 Å². The zero-order chi connectivity index (χ0) is 17.3. The van der Waals surface area contributed by atoms with E-state index in [-0.39, 0.29) is 17.9 Å². The van der Waals surface area contributed by atoms with Gasteiger partial charge in [0, 0.05) is 18.7 Å². The molecule has 8 heteroatoms. The fourth-order valence-electron chi connectivity index (χ4n) is 2.42. The average molecular weight is 327 g/mol.